The van der Waals surface area contributed by atoms with E-state index in [-0.39, 0.29) is 17.1 Å². The first-order valence-corrected chi connectivity index (χ1v) is 6.72. The predicted octanol–water partition coefficient (Wildman–Crippen LogP) is 0.799. The molecule has 0 aliphatic rings. The van der Waals surface area contributed by atoms with Crippen molar-refractivity contribution >= 4 is 15.7 Å². The quantitative estimate of drug-likeness (QED) is 0.797. The van der Waals surface area contributed by atoms with E-state index in [9.17, 15) is 17.9 Å². The van der Waals surface area contributed by atoms with Crippen LogP contribution in [0, 0.1) is 5.82 Å². The second-order valence-electron chi connectivity index (χ2n) is 4.76. The number of nitrogen functional groups attached to an aromatic ring is 1. The lowest BCUT2D eigenvalue weighted by molar-refractivity contribution is 0.0640. The zero-order valence-corrected chi connectivity index (χ0v) is 11.3. The van der Waals surface area contributed by atoms with Crippen LogP contribution >= 0.6 is 0 Å². The minimum absolute atomic E-state index is 0.0911. The molecule has 3 N–H and O–H groups in total. The highest BCUT2D eigenvalue weighted by molar-refractivity contribution is 7.89. The average molecular weight is 276 g/mol. The van der Waals surface area contributed by atoms with Crippen molar-refractivity contribution in [3.8, 4) is 0 Å². The Morgan fingerprint density at radius 3 is 2.44 bits per heavy atom. The van der Waals surface area contributed by atoms with Gasteiger partial charge >= 0.3 is 0 Å². The third-order valence-corrected chi connectivity index (χ3v) is 4.15. The van der Waals surface area contributed by atoms with Crippen LogP contribution in [0.4, 0.5) is 10.1 Å². The van der Waals surface area contributed by atoms with Gasteiger partial charge in [0, 0.05) is 13.6 Å². The number of benzene rings is 1. The number of nitrogens with two attached hydrogens (primary N) is 1. The van der Waals surface area contributed by atoms with Gasteiger partial charge in [0.05, 0.1) is 11.3 Å². The van der Waals surface area contributed by atoms with E-state index in [0.29, 0.717) is 0 Å². The van der Waals surface area contributed by atoms with E-state index in [1.165, 1.54) is 20.9 Å². The summed E-state index contributed by atoms with van der Waals surface area (Å²) in [5.74, 6) is -0.600. The fourth-order valence-corrected chi connectivity index (χ4v) is 2.97. The van der Waals surface area contributed by atoms with Crippen molar-refractivity contribution in [1.29, 1.82) is 0 Å². The summed E-state index contributed by atoms with van der Waals surface area (Å²) in [6.07, 6.45) is 0. The predicted molar refractivity (Wildman–Crippen MR) is 66.9 cm³/mol. The van der Waals surface area contributed by atoms with Crippen LogP contribution < -0.4 is 5.73 Å². The van der Waals surface area contributed by atoms with Crippen LogP contribution in [0.3, 0.4) is 0 Å². The second kappa shape index (κ2) is 4.83. The minimum Gasteiger partial charge on any atom is -0.398 e. The molecule has 18 heavy (non-hydrogen) atoms. The van der Waals surface area contributed by atoms with Gasteiger partial charge in [0.2, 0.25) is 10.0 Å². The van der Waals surface area contributed by atoms with Crippen molar-refractivity contribution in [1.82, 2.24) is 4.31 Å². The monoisotopic (exact) mass is 276 g/mol. The molecule has 0 amide bonds. The van der Waals surface area contributed by atoms with E-state index in [4.69, 9.17) is 5.73 Å². The summed E-state index contributed by atoms with van der Waals surface area (Å²) in [7, 11) is -2.51. The number of anilines is 1. The van der Waals surface area contributed by atoms with Gasteiger partial charge in [-0.3, -0.25) is 0 Å². The van der Waals surface area contributed by atoms with Gasteiger partial charge in [-0.1, -0.05) is 0 Å². The van der Waals surface area contributed by atoms with Crippen molar-refractivity contribution in [3.63, 3.8) is 0 Å². The molecule has 0 bridgehead atoms. The number of aliphatic hydroxyl groups is 1. The lowest BCUT2D eigenvalue weighted by Crippen LogP contribution is -2.39. The third kappa shape index (κ3) is 3.41. The van der Waals surface area contributed by atoms with E-state index in [0.717, 1.165) is 22.5 Å². The third-order valence-electron chi connectivity index (χ3n) is 2.27. The molecule has 0 unspecified atom stereocenters. The molecule has 1 aromatic rings. The topological polar surface area (TPSA) is 83.6 Å². The van der Waals surface area contributed by atoms with Crippen LogP contribution in [0.15, 0.2) is 23.1 Å². The fraction of sp³-hybridized carbons (Fsp3) is 0.455. The molecule has 0 saturated heterocycles. The molecule has 1 rings (SSSR count). The Labute approximate surface area is 106 Å². The Morgan fingerprint density at radius 2 is 2.00 bits per heavy atom. The first kappa shape index (κ1) is 14.9. The molecule has 0 radical (unpaired) electrons. The number of rotatable bonds is 4. The molecule has 0 fully saturated rings. The fourth-order valence-electron chi connectivity index (χ4n) is 1.55. The summed E-state index contributed by atoms with van der Waals surface area (Å²) < 4.78 is 38.2. The van der Waals surface area contributed by atoms with Crippen molar-refractivity contribution in [2.75, 3.05) is 19.3 Å². The highest BCUT2D eigenvalue weighted by Crippen LogP contribution is 2.23. The maximum absolute atomic E-state index is 12.9. The summed E-state index contributed by atoms with van der Waals surface area (Å²) in [6, 6.07) is 3.09. The summed E-state index contributed by atoms with van der Waals surface area (Å²) in [5.41, 5.74) is 4.18. The van der Waals surface area contributed by atoms with Gasteiger partial charge in [-0.25, -0.2) is 12.8 Å². The summed E-state index contributed by atoms with van der Waals surface area (Å²) in [5, 5.41) is 9.61. The first-order chi connectivity index (χ1) is 8.04. The number of nitrogens with zero attached hydrogens (tertiary/aromatic N) is 1. The summed E-state index contributed by atoms with van der Waals surface area (Å²) >= 11 is 0. The van der Waals surface area contributed by atoms with Gasteiger partial charge in [-0.05, 0) is 32.0 Å². The number of likely N-dealkylation sites (N-methyl/N-ethyl adjacent to an activating group) is 1. The zero-order valence-electron chi connectivity index (χ0n) is 10.5. The Balaban J connectivity index is 3.14. The Hall–Kier alpha value is -1.18. The number of hydrogen-bond acceptors (Lipinski definition) is 4. The van der Waals surface area contributed by atoms with E-state index in [1.54, 1.807) is 0 Å². The Morgan fingerprint density at radius 1 is 1.44 bits per heavy atom. The Bertz CT molecular complexity index is 538. The normalized spacial score (nSPS) is 13.0. The molecule has 102 valence electrons. The van der Waals surface area contributed by atoms with Crippen molar-refractivity contribution in [2.45, 2.75) is 24.3 Å². The lowest BCUT2D eigenvalue weighted by Gasteiger charge is -2.25. The molecule has 0 aromatic heterocycles. The molecular formula is C11H17FN2O3S. The molecule has 5 nitrogen and oxygen atoms in total. The zero-order chi connectivity index (χ0) is 14.1. The van der Waals surface area contributed by atoms with Crippen LogP contribution in [0.2, 0.25) is 0 Å². The highest BCUT2D eigenvalue weighted by Gasteiger charge is 2.27. The molecule has 0 saturated carbocycles. The molecule has 1 aromatic carbocycles. The SMILES string of the molecule is CN(CC(C)(C)O)S(=O)(=O)c1ccc(F)cc1N. The second-order valence-corrected chi connectivity index (χ2v) is 6.77. The summed E-state index contributed by atoms with van der Waals surface area (Å²) in [4.78, 5) is -0.171. The van der Waals surface area contributed by atoms with Crippen LogP contribution in [0.1, 0.15) is 13.8 Å². The van der Waals surface area contributed by atoms with Gasteiger partial charge < -0.3 is 10.8 Å². The Kier molecular flexibility index (Phi) is 3.99. The molecule has 0 spiro atoms. The molecule has 0 aliphatic heterocycles. The number of hydrogen-bond donors (Lipinski definition) is 2. The highest BCUT2D eigenvalue weighted by atomic mass is 32.2. The van der Waals surface area contributed by atoms with Gasteiger partial charge in [0.25, 0.3) is 0 Å². The largest absolute Gasteiger partial charge is 0.398 e. The van der Waals surface area contributed by atoms with Crippen LogP contribution in [-0.4, -0.2) is 37.0 Å². The molecule has 0 aliphatic carbocycles. The van der Waals surface area contributed by atoms with E-state index < -0.39 is 21.4 Å². The first-order valence-electron chi connectivity index (χ1n) is 5.28. The molecule has 0 atom stereocenters. The van der Waals surface area contributed by atoms with Crippen LogP contribution in [-0.2, 0) is 10.0 Å². The minimum atomic E-state index is -3.84. The van der Waals surface area contributed by atoms with E-state index in [1.807, 2.05) is 0 Å². The summed E-state index contributed by atoms with van der Waals surface area (Å²) in [6.45, 7) is 2.90. The van der Waals surface area contributed by atoms with Crippen LogP contribution in [0.25, 0.3) is 0 Å². The van der Waals surface area contributed by atoms with Crippen LogP contribution in [0.5, 0.6) is 0 Å². The smallest absolute Gasteiger partial charge is 0.244 e. The maximum Gasteiger partial charge on any atom is 0.244 e. The number of sulfonamides is 1. The number of halogens is 1. The van der Waals surface area contributed by atoms with Gasteiger partial charge in [0.1, 0.15) is 10.7 Å². The average Bonchev–Trinajstić information content (AvgIpc) is 2.13. The molecular weight excluding hydrogens is 259 g/mol. The maximum atomic E-state index is 12.9. The van der Waals surface area contributed by atoms with Gasteiger partial charge in [-0.2, -0.15) is 4.31 Å². The lowest BCUT2D eigenvalue weighted by atomic mass is 10.1. The molecule has 7 heteroatoms. The standard InChI is InChI=1S/C11H17FN2O3S/c1-11(2,15)7-14(3)18(16,17)10-5-4-8(12)6-9(10)13/h4-6,15H,7,13H2,1-3H3. The van der Waals surface area contributed by atoms with Gasteiger partial charge in [0.15, 0.2) is 0 Å². The van der Waals surface area contributed by atoms with E-state index >= 15 is 0 Å². The van der Waals surface area contributed by atoms with Crippen molar-refractivity contribution in [2.24, 2.45) is 0 Å². The van der Waals surface area contributed by atoms with Crippen molar-refractivity contribution in [3.05, 3.63) is 24.0 Å². The van der Waals surface area contributed by atoms with Crippen molar-refractivity contribution < 1.29 is 17.9 Å². The molecule has 0 heterocycles. The van der Waals surface area contributed by atoms with Gasteiger partial charge in [-0.15, -0.1) is 0 Å². The van der Waals surface area contributed by atoms with E-state index in [2.05, 4.69) is 0 Å².